The molecule has 1 amide bonds. The predicted octanol–water partition coefficient (Wildman–Crippen LogP) is 3.52. The van der Waals surface area contributed by atoms with Crippen molar-refractivity contribution in [2.45, 2.75) is 38.6 Å². The first kappa shape index (κ1) is 19.1. The first-order chi connectivity index (χ1) is 12.5. The molecule has 3 atom stereocenters. The summed E-state index contributed by atoms with van der Waals surface area (Å²) in [5, 5.41) is 6.42. The standard InChI is InChI=1S/C20H30N4OS/c1-5-24-10-6-8-16(19(24)17-12-21-23(4)14-17)13-22(3)20(25)15(2)18-9-7-11-26-18/h7,9,11-12,14-16,19H,5-6,8,10,13H2,1-4H3/t15?,16-,19+/m0/s1. The molecule has 2 aromatic heterocycles. The van der Waals surface area contributed by atoms with Gasteiger partial charge in [-0.2, -0.15) is 5.10 Å². The Morgan fingerprint density at radius 3 is 2.92 bits per heavy atom. The Morgan fingerprint density at radius 2 is 2.31 bits per heavy atom. The van der Waals surface area contributed by atoms with Crippen LogP contribution >= 0.6 is 11.3 Å². The topological polar surface area (TPSA) is 41.4 Å². The minimum Gasteiger partial charge on any atom is -0.345 e. The number of carbonyl (C=O) groups excluding carboxylic acids is 1. The van der Waals surface area contributed by atoms with Crippen LogP contribution in [0.2, 0.25) is 0 Å². The third kappa shape index (κ3) is 4.01. The van der Waals surface area contributed by atoms with Crippen molar-refractivity contribution in [2.24, 2.45) is 13.0 Å². The van der Waals surface area contributed by atoms with Gasteiger partial charge in [0.2, 0.25) is 5.91 Å². The zero-order chi connectivity index (χ0) is 18.7. The molecular formula is C20H30N4OS. The number of likely N-dealkylation sites (tertiary alicyclic amines) is 1. The van der Waals surface area contributed by atoms with E-state index in [0.29, 0.717) is 12.0 Å². The van der Waals surface area contributed by atoms with Gasteiger partial charge < -0.3 is 4.90 Å². The van der Waals surface area contributed by atoms with E-state index in [1.807, 2.05) is 48.2 Å². The highest BCUT2D eigenvalue weighted by atomic mass is 32.1. The molecule has 1 saturated heterocycles. The normalized spacial score (nSPS) is 22.3. The van der Waals surface area contributed by atoms with E-state index in [0.717, 1.165) is 30.9 Å². The summed E-state index contributed by atoms with van der Waals surface area (Å²) in [5.74, 6) is 0.589. The number of thiophene rings is 1. The number of carbonyl (C=O) groups is 1. The molecule has 1 unspecified atom stereocenters. The molecule has 142 valence electrons. The SMILES string of the molecule is CCN1CCC[C@@H](CN(C)C(=O)C(C)c2cccs2)[C@@H]1c1cnn(C)c1. The van der Waals surface area contributed by atoms with E-state index in [1.54, 1.807) is 11.3 Å². The number of hydrogen-bond acceptors (Lipinski definition) is 4. The number of hydrogen-bond donors (Lipinski definition) is 0. The second kappa shape index (κ2) is 8.35. The fourth-order valence-corrected chi connectivity index (χ4v) is 4.98. The molecule has 0 N–H and O–H groups in total. The molecule has 0 saturated carbocycles. The number of likely N-dealkylation sites (N-methyl/N-ethyl adjacent to an activating group) is 1. The van der Waals surface area contributed by atoms with Crippen LogP contribution in [-0.4, -0.2) is 52.2 Å². The number of aromatic nitrogens is 2. The lowest BCUT2D eigenvalue weighted by atomic mass is 9.85. The maximum atomic E-state index is 12.9. The van der Waals surface area contributed by atoms with Crippen LogP contribution in [0.5, 0.6) is 0 Å². The average Bonchev–Trinajstić information content (AvgIpc) is 3.32. The maximum Gasteiger partial charge on any atom is 0.230 e. The summed E-state index contributed by atoms with van der Waals surface area (Å²) in [6.07, 6.45) is 6.46. The molecule has 1 aliphatic heterocycles. The monoisotopic (exact) mass is 374 g/mol. The minimum absolute atomic E-state index is 0.0669. The molecular weight excluding hydrogens is 344 g/mol. The van der Waals surface area contributed by atoms with Gasteiger partial charge in [-0.1, -0.05) is 13.0 Å². The average molecular weight is 375 g/mol. The Hall–Kier alpha value is -1.66. The van der Waals surface area contributed by atoms with Crippen LogP contribution in [0.15, 0.2) is 29.9 Å². The molecule has 0 radical (unpaired) electrons. The van der Waals surface area contributed by atoms with Gasteiger partial charge >= 0.3 is 0 Å². The third-order valence-corrected chi connectivity index (χ3v) is 6.61. The molecule has 1 fully saturated rings. The maximum absolute atomic E-state index is 12.9. The lowest BCUT2D eigenvalue weighted by molar-refractivity contribution is -0.132. The van der Waals surface area contributed by atoms with Crippen molar-refractivity contribution < 1.29 is 4.79 Å². The Morgan fingerprint density at radius 1 is 1.50 bits per heavy atom. The van der Waals surface area contributed by atoms with Crippen molar-refractivity contribution >= 4 is 17.2 Å². The molecule has 26 heavy (non-hydrogen) atoms. The van der Waals surface area contributed by atoms with Gasteiger partial charge in [-0.25, -0.2) is 0 Å². The summed E-state index contributed by atoms with van der Waals surface area (Å²) in [6, 6.07) is 4.41. The summed E-state index contributed by atoms with van der Waals surface area (Å²) in [6.45, 7) is 7.18. The van der Waals surface area contributed by atoms with E-state index in [4.69, 9.17) is 0 Å². The Labute approximate surface area is 160 Å². The van der Waals surface area contributed by atoms with Gasteiger partial charge in [-0.15, -0.1) is 11.3 Å². The van der Waals surface area contributed by atoms with E-state index in [1.165, 1.54) is 12.0 Å². The van der Waals surface area contributed by atoms with Crippen LogP contribution in [0.4, 0.5) is 0 Å². The van der Waals surface area contributed by atoms with Crippen LogP contribution in [0, 0.1) is 5.92 Å². The number of nitrogens with zero attached hydrogens (tertiary/aromatic N) is 4. The molecule has 0 bridgehead atoms. The highest BCUT2D eigenvalue weighted by molar-refractivity contribution is 7.10. The smallest absolute Gasteiger partial charge is 0.230 e. The highest BCUT2D eigenvalue weighted by Gasteiger charge is 2.34. The minimum atomic E-state index is -0.0669. The summed E-state index contributed by atoms with van der Waals surface area (Å²) in [4.78, 5) is 18.5. The van der Waals surface area contributed by atoms with E-state index in [9.17, 15) is 4.79 Å². The van der Waals surface area contributed by atoms with Crippen LogP contribution < -0.4 is 0 Å². The van der Waals surface area contributed by atoms with Crippen molar-refractivity contribution in [3.63, 3.8) is 0 Å². The largest absolute Gasteiger partial charge is 0.345 e. The van der Waals surface area contributed by atoms with E-state index in [-0.39, 0.29) is 11.8 Å². The Kier molecular flexibility index (Phi) is 6.14. The zero-order valence-electron chi connectivity index (χ0n) is 16.3. The third-order valence-electron chi connectivity index (χ3n) is 5.56. The summed E-state index contributed by atoms with van der Waals surface area (Å²) < 4.78 is 1.88. The number of rotatable bonds is 6. The first-order valence-electron chi connectivity index (χ1n) is 9.52. The van der Waals surface area contributed by atoms with Crippen molar-refractivity contribution in [1.29, 1.82) is 0 Å². The van der Waals surface area contributed by atoms with Crippen LogP contribution in [0.25, 0.3) is 0 Å². The van der Waals surface area contributed by atoms with Crippen molar-refractivity contribution in [1.82, 2.24) is 19.6 Å². The molecule has 0 spiro atoms. The van der Waals surface area contributed by atoms with Gasteiger partial charge in [0.25, 0.3) is 0 Å². The number of amides is 1. The second-order valence-corrected chi connectivity index (χ2v) is 8.36. The van der Waals surface area contributed by atoms with Crippen LogP contribution in [0.3, 0.4) is 0 Å². The summed E-state index contributed by atoms with van der Waals surface area (Å²) >= 11 is 1.66. The second-order valence-electron chi connectivity index (χ2n) is 7.38. The predicted molar refractivity (Wildman–Crippen MR) is 106 cm³/mol. The molecule has 3 rings (SSSR count). The van der Waals surface area contributed by atoms with E-state index in [2.05, 4.69) is 29.2 Å². The number of piperidine rings is 1. The van der Waals surface area contributed by atoms with Gasteiger partial charge in [0.05, 0.1) is 12.1 Å². The summed E-state index contributed by atoms with van der Waals surface area (Å²) in [7, 11) is 3.92. The fourth-order valence-electron chi connectivity index (χ4n) is 4.21. The zero-order valence-corrected chi connectivity index (χ0v) is 17.1. The molecule has 2 aromatic rings. The first-order valence-corrected chi connectivity index (χ1v) is 10.4. The molecule has 0 aromatic carbocycles. The van der Waals surface area contributed by atoms with Crippen molar-refractivity contribution in [3.8, 4) is 0 Å². The van der Waals surface area contributed by atoms with Gasteiger partial charge in [0.15, 0.2) is 0 Å². The van der Waals surface area contributed by atoms with Gasteiger partial charge in [-0.05, 0) is 50.2 Å². The molecule has 0 aliphatic carbocycles. The van der Waals surface area contributed by atoms with Crippen molar-refractivity contribution in [2.75, 3.05) is 26.7 Å². The summed E-state index contributed by atoms with van der Waals surface area (Å²) in [5.41, 5.74) is 1.27. The van der Waals surface area contributed by atoms with Crippen LogP contribution in [-0.2, 0) is 11.8 Å². The molecule has 1 aliphatic rings. The van der Waals surface area contributed by atoms with Crippen LogP contribution in [0.1, 0.15) is 49.1 Å². The number of aryl methyl sites for hydroxylation is 1. The lowest BCUT2D eigenvalue weighted by Gasteiger charge is -2.42. The van der Waals surface area contributed by atoms with Gasteiger partial charge in [0, 0.05) is 43.3 Å². The Bertz CT molecular complexity index is 711. The molecule has 3 heterocycles. The van der Waals surface area contributed by atoms with Crippen molar-refractivity contribution in [3.05, 3.63) is 40.3 Å². The fraction of sp³-hybridized carbons (Fsp3) is 0.600. The highest BCUT2D eigenvalue weighted by Crippen LogP contribution is 2.36. The lowest BCUT2D eigenvalue weighted by Crippen LogP contribution is -2.44. The Balaban J connectivity index is 1.74. The molecule has 5 nitrogen and oxygen atoms in total. The van der Waals surface area contributed by atoms with E-state index >= 15 is 0 Å². The van der Waals surface area contributed by atoms with Gasteiger partial charge in [0.1, 0.15) is 0 Å². The van der Waals surface area contributed by atoms with Gasteiger partial charge in [-0.3, -0.25) is 14.4 Å². The van der Waals surface area contributed by atoms with E-state index < -0.39 is 0 Å². The quantitative estimate of drug-likeness (QED) is 0.777. The molecule has 6 heteroatoms.